The molecule has 2 heterocycles. The van der Waals surface area contributed by atoms with Crippen molar-refractivity contribution in [2.45, 2.75) is 19.9 Å². The zero-order valence-corrected chi connectivity index (χ0v) is 13.4. The van der Waals surface area contributed by atoms with Crippen LogP contribution in [0.15, 0.2) is 30.5 Å². The molecule has 1 aliphatic heterocycles. The van der Waals surface area contributed by atoms with Gasteiger partial charge in [-0.2, -0.15) is 0 Å². The Bertz CT molecular complexity index is 728. The van der Waals surface area contributed by atoms with Crippen molar-refractivity contribution in [3.63, 3.8) is 0 Å². The Kier molecular flexibility index (Phi) is 3.48. The van der Waals surface area contributed by atoms with Gasteiger partial charge in [0, 0.05) is 6.20 Å². The maximum atomic E-state index is 12.5. The molecule has 1 saturated heterocycles. The summed E-state index contributed by atoms with van der Waals surface area (Å²) in [6, 6.07) is 3.76. The molecular weight excluding hydrogens is 306 g/mol. The van der Waals surface area contributed by atoms with Gasteiger partial charge in [0.15, 0.2) is 0 Å². The first-order chi connectivity index (χ1) is 11.6. The van der Waals surface area contributed by atoms with E-state index in [1.807, 2.05) is 31.2 Å². The summed E-state index contributed by atoms with van der Waals surface area (Å²) in [4.78, 5) is 42.6. The highest BCUT2D eigenvalue weighted by atomic mass is 16.2. The van der Waals surface area contributed by atoms with Crippen molar-refractivity contribution in [3.8, 4) is 0 Å². The number of hydrogen-bond acceptors (Lipinski definition) is 4. The highest BCUT2D eigenvalue weighted by Crippen LogP contribution is 2.52. The van der Waals surface area contributed by atoms with Gasteiger partial charge in [-0.25, -0.2) is 0 Å². The van der Waals surface area contributed by atoms with Crippen LogP contribution in [0.1, 0.15) is 17.7 Å². The Labute approximate surface area is 139 Å². The Morgan fingerprint density at radius 3 is 2.54 bits per heavy atom. The largest absolute Gasteiger partial charge is 0.349 e. The molecule has 24 heavy (non-hydrogen) atoms. The minimum Gasteiger partial charge on any atom is -0.349 e. The van der Waals surface area contributed by atoms with Gasteiger partial charge >= 0.3 is 0 Å². The number of pyridine rings is 1. The lowest BCUT2D eigenvalue weighted by molar-refractivity contribution is -0.144. The smallest absolute Gasteiger partial charge is 0.240 e. The van der Waals surface area contributed by atoms with Crippen molar-refractivity contribution in [3.05, 3.63) is 41.7 Å². The number of nitrogens with one attached hydrogen (secondary N) is 1. The van der Waals surface area contributed by atoms with Crippen LogP contribution in [0, 0.1) is 30.6 Å². The monoisotopic (exact) mass is 325 g/mol. The summed E-state index contributed by atoms with van der Waals surface area (Å²) in [5.74, 6) is -0.878. The molecule has 1 N–H and O–H groups in total. The van der Waals surface area contributed by atoms with E-state index in [1.165, 1.54) is 0 Å². The molecule has 3 aliphatic rings. The summed E-state index contributed by atoms with van der Waals surface area (Å²) in [7, 11) is 0. The van der Waals surface area contributed by atoms with Crippen LogP contribution >= 0.6 is 0 Å². The van der Waals surface area contributed by atoms with Crippen LogP contribution in [0.5, 0.6) is 0 Å². The number of nitrogens with zero attached hydrogens (tertiary/aromatic N) is 2. The normalized spacial score (nSPS) is 30.1. The maximum Gasteiger partial charge on any atom is 0.240 e. The summed E-state index contributed by atoms with van der Waals surface area (Å²) in [5, 5.41) is 2.75. The van der Waals surface area contributed by atoms with Crippen LogP contribution in [0.25, 0.3) is 0 Å². The van der Waals surface area contributed by atoms with Crippen LogP contribution in [0.4, 0.5) is 0 Å². The maximum absolute atomic E-state index is 12.5. The van der Waals surface area contributed by atoms with Gasteiger partial charge in [-0.1, -0.05) is 18.2 Å². The topological polar surface area (TPSA) is 79.4 Å². The predicted octanol–water partition coefficient (Wildman–Crippen LogP) is 0.813. The van der Waals surface area contributed by atoms with E-state index in [1.54, 1.807) is 6.20 Å². The number of carbonyl (C=O) groups is 3. The van der Waals surface area contributed by atoms with Gasteiger partial charge in [-0.05, 0) is 36.8 Å². The van der Waals surface area contributed by atoms with Gasteiger partial charge in [-0.15, -0.1) is 0 Å². The Morgan fingerprint density at radius 1 is 1.25 bits per heavy atom. The van der Waals surface area contributed by atoms with Gasteiger partial charge in [0.05, 0.1) is 24.1 Å². The Morgan fingerprint density at radius 2 is 1.92 bits per heavy atom. The van der Waals surface area contributed by atoms with Crippen molar-refractivity contribution in [1.82, 2.24) is 15.2 Å². The SMILES string of the molecule is Cc1cccnc1CNC(=O)CN1C(=O)C2C3C=CC(C3)C2C1=O. The second-order valence-corrected chi connectivity index (χ2v) is 6.81. The zero-order chi connectivity index (χ0) is 16.8. The molecule has 2 fully saturated rings. The van der Waals surface area contributed by atoms with Gasteiger partial charge in [0.1, 0.15) is 6.54 Å². The third-order valence-corrected chi connectivity index (χ3v) is 5.43. The van der Waals surface area contributed by atoms with Crippen molar-refractivity contribution in [2.75, 3.05) is 6.54 Å². The van der Waals surface area contributed by atoms with Gasteiger partial charge in [-0.3, -0.25) is 24.3 Å². The average molecular weight is 325 g/mol. The van der Waals surface area contributed by atoms with Gasteiger partial charge < -0.3 is 5.32 Å². The number of amides is 3. The van der Waals surface area contributed by atoms with Crippen molar-refractivity contribution >= 4 is 17.7 Å². The number of fused-ring (bicyclic) bond motifs is 5. The van der Waals surface area contributed by atoms with E-state index in [2.05, 4.69) is 10.3 Å². The molecule has 0 aromatic carbocycles. The second-order valence-electron chi connectivity index (χ2n) is 6.81. The molecule has 0 spiro atoms. The first-order valence-electron chi connectivity index (χ1n) is 8.27. The molecule has 3 amide bonds. The van der Waals surface area contributed by atoms with Crippen LogP contribution in [-0.4, -0.2) is 34.2 Å². The highest BCUT2D eigenvalue weighted by molar-refractivity contribution is 6.08. The number of hydrogen-bond donors (Lipinski definition) is 1. The molecule has 4 atom stereocenters. The van der Waals surface area contributed by atoms with Gasteiger partial charge in [0.25, 0.3) is 0 Å². The standard InChI is InChI=1S/C18H19N3O3/c1-10-3-2-6-19-13(10)8-20-14(22)9-21-17(23)15-11-4-5-12(7-11)16(15)18(21)24/h2-6,11-12,15-16H,7-9H2,1H3,(H,20,22). The van der Waals surface area contributed by atoms with E-state index >= 15 is 0 Å². The average Bonchev–Trinajstić information content (AvgIpc) is 3.24. The fraction of sp³-hybridized carbons (Fsp3) is 0.444. The third-order valence-electron chi connectivity index (χ3n) is 5.43. The number of aryl methyl sites for hydroxylation is 1. The lowest BCUT2D eigenvalue weighted by Gasteiger charge is -2.16. The van der Waals surface area contributed by atoms with Crippen molar-refractivity contribution in [1.29, 1.82) is 0 Å². The molecule has 6 nitrogen and oxygen atoms in total. The van der Waals surface area contributed by atoms with E-state index in [4.69, 9.17) is 0 Å². The summed E-state index contributed by atoms with van der Waals surface area (Å²) in [5.41, 5.74) is 1.77. The lowest BCUT2D eigenvalue weighted by atomic mass is 9.85. The number of aromatic nitrogens is 1. The van der Waals surface area contributed by atoms with E-state index < -0.39 is 0 Å². The first-order valence-corrected chi connectivity index (χ1v) is 8.27. The van der Waals surface area contributed by atoms with E-state index in [0.29, 0.717) is 6.54 Å². The minimum atomic E-state index is -0.331. The van der Waals surface area contributed by atoms with E-state index in [-0.39, 0.29) is 47.9 Å². The Hall–Kier alpha value is -2.50. The predicted molar refractivity (Wildman–Crippen MR) is 85.3 cm³/mol. The van der Waals surface area contributed by atoms with E-state index in [9.17, 15) is 14.4 Å². The number of carbonyl (C=O) groups excluding carboxylic acids is 3. The molecule has 6 heteroatoms. The van der Waals surface area contributed by atoms with Crippen LogP contribution in [0.2, 0.25) is 0 Å². The Balaban J connectivity index is 1.39. The summed E-state index contributed by atoms with van der Waals surface area (Å²) in [6.45, 7) is 2.02. The molecule has 2 bridgehead atoms. The highest BCUT2D eigenvalue weighted by Gasteiger charge is 2.59. The van der Waals surface area contributed by atoms with Crippen LogP contribution < -0.4 is 5.32 Å². The van der Waals surface area contributed by atoms with Crippen molar-refractivity contribution in [2.24, 2.45) is 23.7 Å². The first kappa shape index (κ1) is 15.1. The number of rotatable bonds is 4. The fourth-order valence-electron chi connectivity index (χ4n) is 4.21. The number of allylic oxidation sites excluding steroid dienone is 2. The molecule has 124 valence electrons. The molecule has 1 aromatic rings. The van der Waals surface area contributed by atoms with Crippen LogP contribution in [0.3, 0.4) is 0 Å². The molecule has 4 rings (SSSR count). The lowest BCUT2D eigenvalue weighted by Crippen LogP contribution is -2.41. The number of imide groups is 1. The molecular formula is C18H19N3O3. The molecule has 0 radical (unpaired) electrons. The molecule has 1 aromatic heterocycles. The fourth-order valence-corrected chi connectivity index (χ4v) is 4.21. The van der Waals surface area contributed by atoms with Gasteiger partial charge in [0.2, 0.25) is 17.7 Å². The molecule has 1 saturated carbocycles. The van der Waals surface area contributed by atoms with E-state index in [0.717, 1.165) is 22.6 Å². The second kappa shape index (κ2) is 5.54. The summed E-state index contributed by atoms with van der Waals surface area (Å²) in [6.07, 6.45) is 6.66. The quantitative estimate of drug-likeness (QED) is 0.656. The summed E-state index contributed by atoms with van der Waals surface area (Å²) < 4.78 is 0. The molecule has 4 unspecified atom stereocenters. The summed E-state index contributed by atoms with van der Waals surface area (Å²) >= 11 is 0. The zero-order valence-electron chi connectivity index (χ0n) is 13.4. The minimum absolute atomic E-state index is 0.167. The third kappa shape index (κ3) is 2.25. The van der Waals surface area contributed by atoms with Crippen molar-refractivity contribution < 1.29 is 14.4 Å². The molecule has 2 aliphatic carbocycles. The number of likely N-dealkylation sites (tertiary alicyclic amines) is 1. The van der Waals surface area contributed by atoms with Crippen LogP contribution in [-0.2, 0) is 20.9 Å².